The lowest BCUT2D eigenvalue weighted by molar-refractivity contribution is 0.0980. The van der Waals surface area contributed by atoms with Gasteiger partial charge in [-0.1, -0.05) is 11.6 Å². The lowest BCUT2D eigenvalue weighted by Gasteiger charge is -2.11. The van der Waals surface area contributed by atoms with Gasteiger partial charge in [0.05, 0.1) is 11.6 Å². The normalized spacial score (nSPS) is 20.7. The zero-order valence-corrected chi connectivity index (χ0v) is 9.52. The molecule has 0 unspecified atom stereocenters. The van der Waals surface area contributed by atoms with Crippen molar-refractivity contribution >= 4 is 22.6 Å². The van der Waals surface area contributed by atoms with Crippen molar-refractivity contribution in [2.24, 2.45) is 0 Å². The van der Waals surface area contributed by atoms with Crippen LogP contribution in [0.25, 0.3) is 11.0 Å². The summed E-state index contributed by atoms with van der Waals surface area (Å²) >= 11 is 6.08. The molecule has 0 aromatic carbocycles. The number of aromatic nitrogens is 3. The molecule has 0 aliphatic carbocycles. The van der Waals surface area contributed by atoms with Gasteiger partial charge in [0.1, 0.15) is 11.8 Å². The molecule has 16 heavy (non-hydrogen) atoms. The number of fused-ring (bicyclic) bond motifs is 1. The maximum atomic E-state index is 6.08. The van der Waals surface area contributed by atoms with Gasteiger partial charge in [-0.2, -0.15) is 0 Å². The Hall–Kier alpha value is -1.13. The Morgan fingerprint density at radius 2 is 2.44 bits per heavy atom. The van der Waals surface area contributed by atoms with Crippen molar-refractivity contribution < 1.29 is 4.74 Å². The summed E-state index contributed by atoms with van der Waals surface area (Å²) in [6.07, 6.45) is 6.04. The standard InChI is InChI=1S/C11H12ClN3O/c12-11-10-9(13-7-14-11)3-4-15(10)6-8-2-1-5-16-8/h3-4,7-8H,1-2,5-6H2/t8-/m0/s1. The van der Waals surface area contributed by atoms with Gasteiger partial charge in [-0.05, 0) is 18.9 Å². The quantitative estimate of drug-likeness (QED) is 0.753. The third kappa shape index (κ3) is 1.68. The van der Waals surface area contributed by atoms with Crippen molar-refractivity contribution in [2.45, 2.75) is 25.5 Å². The van der Waals surface area contributed by atoms with Gasteiger partial charge in [0.25, 0.3) is 0 Å². The van der Waals surface area contributed by atoms with E-state index in [0.29, 0.717) is 11.3 Å². The van der Waals surface area contributed by atoms with Gasteiger partial charge in [-0.15, -0.1) is 0 Å². The molecule has 3 rings (SSSR count). The Morgan fingerprint density at radius 3 is 3.25 bits per heavy atom. The van der Waals surface area contributed by atoms with Crippen LogP contribution in [0.5, 0.6) is 0 Å². The van der Waals surface area contributed by atoms with Crippen LogP contribution in [0.15, 0.2) is 18.6 Å². The minimum atomic E-state index is 0.298. The van der Waals surface area contributed by atoms with Crippen LogP contribution in [0.3, 0.4) is 0 Å². The van der Waals surface area contributed by atoms with E-state index in [1.54, 1.807) is 0 Å². The van der Waals surface area contributed by atoms with Crippen molar-refractivity contribution in [3.63, 3.8) is 0 Å². The van der Waals surface area contributed by atoms with Crippen molar-refractivity contribution in [3.05, 3.63) is 23.7 Å². The Kier molecular flexibility index (Phi) is 2.53. The molecule has 4 nitrogen and oxygen atoms in total. The maximum Gasteiger partial charge on any atom is 0.156 e. The van der Waals surface area contributed by atoms with Crippen LogP contribution in [0.2, 0.25) is 5.15 Å². The number of ether oxygens (including phenoxy) is 1. The number of nitrogens with zero attached hydrogens (tertiary/aromatic N) is 3. The van der Waals surface area contributed by atoms with E-state index in [4.69, 9.17) is 16.3 Å². The molecule has 2 aromatic rings. The minimum Gasteiger partial charge on any atom is -0.376 e. The lowest BCUT2D eigenvalue weighted by Crippen LogP contribution is -2.14. The molecular formula is C11H12ClN3O. The molecule has 0 bridgehead atoms. The van der Waals surface area contributed by atoms with E-state index in [1.165, 1.54) is 6.33 Å². The van der Waals surface area contributed by atoms with Gasteiger partial charge in [0.2, 0.25) is 0 Å². The summed E-state index contributed by atoms with van der Waals surface area (Å²) in [5, 5.41) is 0.507. The van der Waals surface area contributed by atoms with Gasteiger partial charge in [-0.3, -0.25) is 0 Å². The first-order valence-electron chi connectivity index (χ1n) is 5.41. The largest absolute Gasteiger partial charge is 0.376 e. The first-order valence-corrected chi connectivity index (χ1v) is 5.79. The molecule has 2 aromatic heterocycles. The molecule has 5 heteroatoms. The Bertz CT molecular complexity index is 505. The maximum absolute atomic E-state index is 6.08. The molecule has 0 radical (unpaired) electrons. The molecule has 84 valence electrons. The molecule has 0 amide bonds. The highest BCUT2D eigenvalue weighted by Gasteiger charge is 2.17. The van der Waals surface area contributed by atoms with E-state index in [9.17, 15) is 0 Å². The lowest BCUT2D eigenvalue weighted by atomic mass is 10.2. The van der Waals surface area contributed by atoms with Crippen LogP contribution in [0.1, 0.15) is 12.8 Å². The van der Waals surface area contributed by atoms with E-state index in [1.807, 2.05) is 12.3 Å². The average molecular weight is 238 g/mol. The van der Waals surface area contributed by atoms with Gasteiger partial charge < -0.3 is 9.30 Å². The van der Waals surface area contributed by atoms with E-state index < -0.39 is 0 Å². The Morgan fingerprint density at radius 1 is 1.50 bits per heavy atom. The SMILES string of the molecule is Clc1ncnc2ccn(C[C@@H]3CCCO3)c12. The molecule has 3 heterocycles. The molecular weight excluding hydrogens is 226 g/mol. The summed E-state index contributed by atoms with van der Waals surface area (Å²) in [4.78, 5) is 8.19. The fourth-order valence-corrected chi connectivity index (χ4v) is 2.40. The van der Waals surface area contributed by atoms with Crippen LogP contribution in [-0.2, 0) is 11.3 Å². The van der Waals surface area contributed by atoms with Gasteiger partial charge in [0.15, 0.2) is 5.15 Å². The highest BCUT2D eigenvalue weighted by molar-refractivity contribution is 6.33. The highest BCUT2D eigenvalue weighted by atomic mass is 35.5. The van der Waals surface area contributed by atoms with Crippen LogP contribution >= 0.6 is 11.6 Å². The molecule has 0 saturated carbocycles. The molecule has 0 N–H and O–H groups in total. The van der Waals surface area contributed by atoms with Crippen molar-refractivity contribution in [2.75, 3.05) is 6.61 Å². The third-order valence-corrected chi connectivity index (χ3v) is 3.21. The number of halogens is 1. The molecule has 1 atom stereocenters. The van der Waals surface area contributed by atoms with Gasteiger partial charge in [0, 0.05) is 19.3 Å². The number of hydrogen-bond acceptors (Lipinski definition) is 3. The Labute approximate surface area is 98.2 Å². The Balaban J connectivity index is 1.97. The predicted molar refractivity (Wildman–Crippen MR) is 61.5 cm³/mol. The van der Waals surface area contributed by atoms with Gasteiger partial charge in [-0.25, -0.2) is 9.97 Å². The number of rotatable bonds is 2. The van der Waals surface area contributed by atoms with Crippen LogP contribution in [0.4, 0.5) is 0 Å². The van der Waals surface area contributed by atoms with E-state index >= 15 is 0 Å². The van der Waals surface area contributed by atoms with E-state index in [0.717, 1.165) is 37.0 Å². The summed E-state index contributed by atoms with van der Waals surface area (Å²) in [7, 11) is 0. The summed E-state index contributed by atoms with van der Waals surface area (Å²) in [6, 6.07) is 1.96. The first kappa shape index (κ1) is 10.1. The minimum absolute atomic E-state index is 0.298. The average Bonchev–Trinajstić information content (AvgIpc) is 2.90. The van der Waals surface area contributed by atoms with Crippen molar-refractivity contribution in [3.8, 4) is 0 Å². The fourth-order valence-electron chi connectivity index (χ4n) is 2.15. The molecule has 0 spiro atoms. The summed E-state index contributed by atoms with van der Waals surface area (Å²) < 4.78 is 7.69. The monoisotopic (exact) mass is 237 g/mol. The van der Waals surface area contributed by atoms with Crippen LogP contribution < -0.4 is 0 Å². The third-order valence-electron chi connectivity index (χ3n) is 2.93. The van der Waals surface area contributed by atoms with E-state index in [2.05, 4.69) is 14.5 Å². The fraction of sp³-hybridized carbons (Fsp3) is 0.455. The molecule has 1 fully saturated rings. The smallest absolute Gasteiger partial charge is 0.156 e. The topological polar surface area (TPSA) is 39.9 Å². The van der Waals surface area contributed by atoms with Crippen LogP contribution in [-0.4, -0.2) is 27.2 Å². The molecule has 1 aliphatic rings. The second-order valence-electron chi connectivity index (χ2n) is 4.00. The number of hydrogen-bond donors (Lipinski definition) is 0. The molecule has 1 aliphatic heterocycles. The predicted octanol–water partition coefficient (Wildman–Crippen LogP) is 2.26. The summed E-state index contributed by atoms with van der Waals surface area (Å²) in [6.45, 7) is 1.70. The van der Waals surface area contributed by atoms with Gasteiger partial charge >= 0.3 is 0 Å². The zero-order valence-electron chi connectivity index (χ0n) is 8.77. The van der Waals surface area contributed by atoms with E-state index in [-0.39, 0.29) is 0 Å². The van der Waals surface area contributed by atoms with Crippen molar-refractivity contribution in [1.82, 2.24) is 14.5 Å². The summed E-state index contributed by atoms with van der Waals surface area (Å²) in [5.41, 5.74) is 1.79. The second-order valence-corrected chi connectivity index (χ2v) is 4.36. The zero-order chi connectivity index (χ0) is 11.0. The highest BCUT2D eigenvalue weighted by Crippen LogP contribution is 2.22. The second kappa shape index (κ2) is 4.03. The van der Waals surface area contributed by atoms with Crippen molar-refractivity contribution in [1.29, 1.82) is 0 Å². The summed E-state index contributed by atoms with van der Waals surface area (Å²) in [5.74, 6) is 0. The molecule has 1 saturated heterocycles. The van der Waals surface area contributed by atoms with Crippen LogP contribution in [0, 0.1) is 0 Å². The first-order chi connectivity index (χ1) is 7.84.